The van der Waals surface area contributed by atoms with Crippen molar-refractivity contribution in [2.24, 2.45) is 17.3 Å². The molecule has 1 spiro atoms. The van der Waals surface area contributed by atoms with Gasteiger partial charge >= 0.3 is 18.2 Å². The molecule has 1 saturated heterocycles. The van der Waals surface area contributed by atoms with Crippen LogP contribution >= 0.6 is 0 Å². The zero-order valence-corrected chi connectivity index (χ0v) is 14.1. The van der Waals surface area contributed by atoms with Crippen LogP contribution in [0.4, 0.5) is 18.0 Å². The van der Waals surface area contributed by atoms with Crippen LogP contribution in [0, 0.1) is 17.3 Å². The highest BCUT2D eigenvalue weighted by atomic mass is 19.4. The van der Waals surface area contributed by atoms with Crippen LogP contribution in [0.5, 0.6) is 0 Å². The molecule has 1 unspecified atom stereocenters. The zero-order valence-electron chi connectivity index (χ0n) is 14.1. The Hall–Kier alpha value is -1.47. The fraction of sp³-hybridized carbons (Fsp3) is 0.882. The van der Waals surface area contributed by atoms with E-state index in [1.165, 1.54) is 4.90 Å². The Balaban J connectivity index is 1.55. The summed E-state index contributed by atoms with van der Waals surface area (Å²) in [5.41, 5.74) is -0.797. The quantitative estimate of drug-likeness (QED) is 0.791. The third kappa shape index (κ3) is 3.72. The third-order valence-electron chi connectivity index (χ3n) is 6.37. The molecule has 3 aliphatic rings. The van der Waals surface area contributed by atoms with Gasteiger partial charge in [0.05, 0.1) is 11.8 Å². The smallest absolute Gasteiger partial charge is 0.392 e. The number of hydrogen-bond acceptors (Lipinski definition) is 2. The van der Waals surface area contributed by atoms with E-state index in [2.05, 4.69) is 5.32 Å². The van der Waals surface area contributed by atoms with Gasteiger partial charge in [-0.05, 0) is 50.4 Å². The average molecular weight is 362 g/mol. The summed E-state index contributed by atoms with van der Waals surface area (Å²) in [4.78, 5) is 25.0. The number of alkyl halides is 3. The first kappa shape index (κ1) is 18.3. The minimum atomic E-state index is -4.20. The second kappa shape index (κ2) is 6.68. The van der Waals surface area contributed by atoms with Crippen LogP contribution in [0.3, 0.4) is 0 Å². The number of halogens is 3. The maximum atomic E-state index is 13.3. The van der Waals surface area contributed by atoms with E-state index in [-0.39, 0.29) is 37.5 Å². The van der Waals surface area contributed by atoms with Crippen molar-refractivity contribution in [2.45, 2.75) is 63.6 Å². The number of rotatable bonds is 2. The molecule has 1 atom stereocenters. The number of carbonyl (C=O) groups is 2. The second-order valence-electron chi connectivity index (χ2n) is 7.86. The molecule has 0 aromatic carbocycles. The molecule has 2 N–H and O–H groups in total. The van der Waals surface area contributed by atoms with Crippen LogP contribution in [0.15, 0.2) is 0 Å². The first-order valence-corrected chi connectivity index (χ1v) is 9.06. The van der Waals surface area contributed by atoms with Gasteiger partial charge in [0.25, 0.3) is 0 Å². The Bertz CT molecular complexity index is 526. The monoisotopic (exact) mass is 362 g/mol. The average Bonchev–Trinajstić information content (AvgIpc) is 2.52. The van der Waals surface area contributed by atoms with Gasteiger partial charge in [0.2, 0.25) is 0 Å². The lowest BCUT2D eigenvalue weighted by Crippen LogP contribution is -2.60. The lowest BCUT2D eigenvalue weighted by molar-refractivity contribution is -0.235. The van der Waals surface area contributed by atoms with Gasteiger partial charge < -0.3 is 15.3 Å². The van der Waals surface area contributed by atoms with Crippen LogP contribution in [0.2, 0.25) is 0 Å². The number of carbonyl (C=O) groups excluding carboxylic acids is 1. The highest BCUT2D eigenvalue weighted by Gasteiger charge is 2.58. The molecule has 2 amide bonds. The molecule has 3 rings (SSSR count). The summed E-state index contributed by atoms with van der Waals surface area (Å²) in [7, 11) is 0. The first-order valence-electron chi connectivity index (χ1n) is 9.06. The van der Waals surface area contributed by atoms with Crippen LogP contribution < -0.4 is 5.32 Å². The van der Waals surface area contributed by atoms with E-state index in [0.29, 0.717) is 38.5 Å². The van der Waals surface area contributed by atoms with E-state index in [1.54, 1.807) is 0 Å². The summed E-state index contributed by atoms with van der Waals surface area (Å²) in [6.07, 6.45) is -0.0993. The fourth-order valence-electron chi connectivity index (χ4n) is 4.73. The number of nitrogens with one attached hydrogen (secondary N) is 1. The van der Waals surface area contributed by atoms with Crippen LogP contribution in [0.25, 0.3) is 0 Å². The Morgan fingerprint density at radius 2 is 1.72 bits per heavy atom. The minimum Gasteiger partial charge on any atom is -0.481 e. The van der Waals surface area contributed by atoms with E-state index >= 15 is 0 Å². The Morgan fingerprint density at radius 1 is 1.08 bits per heavy atom. The maximum Gasteiger partial charge on any atom is 0.392 e. The Morgan fingerprint density at radius 3 is 2.20 bits per heavy atom. The second-order valence-corrected chi connectivity index (χ2v) is 7.86. The summed E-state index contributed by atoms with van der Waals surface area (Å²) < 4.78 is 39.9. The van der Waals surface area contributed by atoms with Gasteiger partial charge in [0.1, 0.15) is 0 Å². The standard InChI is InChI=1S/C17H25F3N2O3/c18-17(19,20)13-6-9-22(10-16(13)7-1-8-16)15(25)21-12-4-2-11(3-5-12)14(23)24/h11-13H,1-10H2,(H,21,25)(H,23,24). The molecule has 8 heteroatoms. The number of aliphatic carboxylic acids is 1. The van der Waals surface area contributed by atoms with Gasteiger partial charge in [0.15, 0.2) is 0 Å². The number of amides is 2. The summed E-state index contributed by atoms with van der Waals surface area (Å²) in [6.45, 7) is 0.301. The zero-order chi connectivity index (χ0) is 18.2. The lowest BCUT2D eigenvalue weighted by Gasteiger charge is -2.54. The van der Waals surface area contributed by atoms with Crippen LogP contribution in [0.1, 0.15) is 51.4 Å². The molecule has 5 nitrogen and oxygen atoms in total. The van der Waals surface area contributed by atoms with Crippen molar-refractivity contribution in [3.05, 3.63) is 0 Å². The molecule has 142 valence electrons. The van der Waals surface area contributed by atoms with Gasteiger partial charge in [-0.3, -0.25) is 4.79 Å². The predicted molar refractivity (Wildman–Crippen MR) is 83.9 cm³/mol. The van der Waals surface area contributed by atoms with Crippen molar-refractivity contribution in [3.8, 4) is 0 Å². The number of hydrogen-bond donors (Lipinski definition) is 2. The Kier molecular flexibility index (Phi) is 4.90. The van der Waals surface area contributed by atoms with Crippen LogP contribution in [-0.4, -0.2) is 47.3 Å². The molecule has 0 radical (unpaired) electrons. The number of likely N-dealkylation sites (tertiary alicyclic amines) is 1. The van der Waals surface area contributed by atoms with E-state index < -0.39 is 23.5 Å². The SMILES string of the molecule is O=C(O)C1CCC(NC(=O)N2CCC(C(F)(F)F)C3(CCC3)C2)CC1. The van der Waals surface area contributed by atoms with Crippen molar-refractivity contribution >= 4 is 12.0 Å². The van der Waals surface area contributed by atoms with Gasteiger partial charge in [-0.1, -0.05) is 6.42 Å². The molecule has 3 fully saturated rings. The molecule has 2 aliphatic carbocycles. The number of carboxylic acid groups (broad SMARTS) is 1. The molecular weight excluding hydrogens is 337 g/mol. The van der Waals surface area contributed by atoms with Crippen molar-refractivity contribution in [1.82, 2.24) is 10.2 Å². The molecular formula is C17H25F3N2O3. The van der Waals surface area contributed by atoms with E-state index in [9.17, 15) is 22.8 Å². The summed E-state index contributed by atoms with van der Waals surface area (Å²) in [6, 6.07) is -0.383. The van der Waals surface area contributed by atoms with E-state index in [1.807, 2.05) is 0 Å². The molecule has 0 aromatic rings. The summed E-state index contributed by atoms with van der Waals surface area (Å²) in [5, 5.41) is 11.9. The number of urea groups is 1. The molecule has 0 aromatic heterocycles. The Labute approximate surface area is 144 Å². The van der Waals surface area contributed by atoms with Gasteiger partial charge in [-0.25, -0.2) is 4.79 Å². The van der Waals surface area contributed by atoms with E-state index in [0.717, 1.165) is 6.42 Å². The largest absolute Gasteiger partial charge is 0.481 e. The van der Waals surface area contributed by atoms with Crippen LogP contribution in [-0.2, 0) is 4.79 Å². The van der Waals surface area contributed by atoms with Gasteiger partial charge in [-0.2, -0.15) is 13.2 Å². The van der Waals surface area contributed by atoms with Gasteiger partial charge in [0, 0.05) is 19.1 Å². The normalized spacial score (nSPS) is 32.1. The summed E-state index contributed by atoms with van der Waals surface area (Å²) in [5.74, 6) is -2.45. The maximum absolute atomic E-state index is 13.3. The van der Waals surface area contributed by atoms with E-state index in [4.69, 9.17) is 5.11 Å². The molecule has 25 heavy (non-hydrogen) atoms. The van der Waals surface area contributed by atoms with Crippen molar-refractivity contribution in [2.75, 3.05) is 13.1 Å². The molecule has 1 aliphatic heterocycles. The van der Waals surface area contributed by atoms with Crippen molar-refractivity contribution in [3.63, 3.8) is 0 Å². The molecule has 2 saturated carbocycles. The third-order valence-corrected chi connectivity index (χ3v) is 6.37. The van der Waals surface area contributed by atoms with Crippen molar-refractivity contribution < 1.29 is 27.9 Å². The molecule has 1 heterocycles. The summed E-state index contributed by atoms with van der Waals surface area (Å²) >= 11 is 0. The number of nitrogens with zero attached hydrogens (tertiary/aromatic N) is 1. The molecule has 0 bridgehead atoms. The minimum absolute atomic E-state index is 0.0251. The number of carboxylic acids is 1. The fourth-order valence-corrected chi connectivity index (χ4v) is 4.73. The first-order chi connectivity index (χ1) is 11.7. The topological polar surface area (TPSA) is 69.6 Å². The highest BCUT2D eigenvalue weighted by Crippen LogP contribution is 2.56. The van der Waals surface area contributed by atoms with Gasteiger partial charge in [-0.15, -0.1) is 0 Å². The highest BCUT2D eigenvalue weighted by molar-refractivity contribution is 5.75. The lowest BCUT2D eigenvalue weighted by atomic mass is 9.58. The van der Waals surface area contributed by atoms with Crippen molar-refractivity contribution in [1.29, 1.82) is 0 Å². The predicted octanol–water partition coefficient (Wildman–Crippen LogP) is 3.39. The number of piperidine rings is 1.